The number of benzene rings is 1. The van der Waals surface area contributed by atoms with E-state index in [4.69, 9.17) is 0 Å². The zero-order chi connectivity index (χ0) is 31.9. The number of aromatic hydroxyl groups is 1. The Labute approximate surface area is 261 Å². The van der Waals surface area contributed by atoms with Gasteiger partial charge < -0.3 is 10.0 Å². The Bertz CT molecular complexity index is 1170. The summed E-state index contributed by atoms with van der Waals surface area (Å²) in [5, 5.41) is 10.2. The van der Waals surface area contributed by atoms with E-state index in [1.165, 1.54) is 32.1 Å². The molecule has 3 saturated carbocycles. The highest BCUT2D eigenvalue weighted by atomic mass is 32.2. The Morgan fingerprint density at radius 1 is 0.932 bits per heavy atom. The molecule has 4 aliphatic carbocycles. The molecule has 3 nitrogen and oxygen atoms in total. The van der Waals surface area contributed by atoms with Crippen LogP contribution in [0.25, 0.3) is 0 Å². The lowest BCUT2D eigenvalue weighted by Gasteiger charge is -2.55. The van der Waals surface area contributed by atoms with Gasteiger partial charge in [0.1, 0.15) is 11.9 Å². The molecule has 1 aromatic rings. The maximum Gasteiger partial charge on any atom is 0.453 e. The van der Waals surface area contributed by atoms with Crippen LogP contribution in [-0.4, -0.2) is 58.0 Å². The van der Waals surface area contributed by atoms with E-state index in [-0.39, 0.29) is 23.2 Å². The lowest BCUT2D eigenvalue weighted by Crippen LogP contribution is -2.47. The molecule has 1 aromatic carbocycles. The van der Waals surface area contributed by atoms with Crippen LogP contribution in [0.1, 0.15) is 114 Å². The van der Waals surface area contributed by atoms with Crippen LogP contribution in [-0.2, 0) is 10.8 Å². The van der Waals surface area contributed by atoms with Crippen LogP contribution in [0.15, 0.2) is 18.2 Å². The molecule has 0 amide bonds. The average molecular weight is 650 g/mol. The molecule has 44 heavy (non-hydrogen) atoms. The van der Waals surface area contributed by atoms with Crippen molar-refractivity contribution in [2.45, 2.75) is 115 Å². The number of halogens is 6. The van der Waals surface area contributed by atoms with Crippen molar-refractivity contribution in [2.24, 2.45) is 28.6 Å². The van der Waals surface area contributed by atoms with Gasteiger partial charge in [0.25, 0.3) is 0 Å². The summed E-state index contributed by atoms with van der Waals surface area (Å²) in [5.74, 6) is -3.22. The predicted octanol–water partition coefficient (Wildman–Crippen LogP) is 9.33. The molecule has 0 bridgehead atoms. The van der Waals surface area contributed by atoms with Crippen LogP contribution < -0.4 is 0 Å². The molecule has 5 rings (SSSR count). The van der Waals surface area contributed by atoms with E-state index in [2.05, 4.69) is 11.8 Å². The summed E-state index contributed by atoms with van der Waals surface area (Å²) in [6.45, 7) is 4.01. The monoisotopic (exact) mass is 649 g/mol. The Hall–Kier alpha value is -1.29. The number of rotatable bonds is 14. The zero-order valence-electron chi connectivity index (χ0n) is 26.1. The van der Waals surface area contributed by atoms with E-state index in [0.29, 0.717) is 47.1 Å². The second-order valence-corrected chi connectivity index (χ2v) is 16.3. The van der Waals surface area contributed by atoms with Crippen molar-refractivity contribution in [1.29, 1.82) is 0 Å². The van der Waals surface area contributed by atoms with Gasteiger partial charge in [-0.1, -0.05) is 25.8 Å². The minimum Gasteiger partial charge on any atom is -0.508 e. The fourth-order valence-corrected chi connectivity index (χ4v) is 10.6. The molecule has 5 unspecified atom stereocenters. The molecule has 0 saturated heterocycles. The molecular formula is C34H49F6NO2S. The Kier molecular flexibility index (Phi) is 10.1. The first kappa shape index (κ1) is 34.1. The van der Waals surface area contributed by atoms with E-state index in [1.807, 2.05) is 13.1 Å². The summed E-state index contributed by atoms with van der Waals surface area (Å²) in [5.41, 5.74) is 2.64. The molecule has 1 spiro atoms. The van der Waals surface area contributed by atoms with Gasteiger partial charge in [0, 0.05) is 28.7 Å². The van der Waals surface area contributed by atoms with Crippen LogP contribution in [0.4, 0.5) is 26.3 Å². The summed E-state index contributed by atoms with van der Waals surface area (Å²) in [4.78, 5) is 2.13. The van der Waals surface area contributed by atoms with Crippen molar-refractivity contribution in [3.05, 3.63) is 29.3 Å². The van der Waals surface area contributed by atoms with Gasteiger partial charge >= 0.3 is 12.1 Å². The number of phenolic OH excluding ortho intramolecular Hbond substituents is 1. The maximum atomic E-state index is 16.4. The SMILES string of the molecule is CN(CCCCC[C@@H]1C(F)c2cc(O)ccc2C2CC[C@@]3(C)C(CCC34CC4)C21)CCCS(=O)CCCC(F)(F)C(F)(F)F. The standard InChI is InChI=1S/C34H49F6NO2S/c1-31-14-11-25-24-10-9-23(42)22-27(24)30(35)26(29(25)28(31)12-15-32(31)16-17-32)8-4-3-5-18-41(2)19-7-21-44(43)20-6-13-33(36,37)34(38,39)40/h9-10,22,25-26,28-30,42H,3-8,11-21H2,1-2H3/t25?,26-,28?,29?,30?,31-,44?/m0/s1. The van der Waals surface area contributed by atoms with Crippen molar-refractivity contribution in [3.8, 4) is 5.75 Å². The third-order valence-corrected chi connectivity index (χ3v) is 13.6. The third kappa shape index (κ3) is 6.72. The first-order valence-corrected chi connectivity index (χ1v) is 18.1. The van der Waals surface area contributed by atoms with Gasteiger partial charge in [-0.3, -0.25) is 4.21 Å². The summed E-state index contributed by atoms with van der Waals surface area (Å²) < 4.78 is 91.3. The van der Waals surface area contributed by atoms with Crippen molar-refractivity contribution in [3.63, 3.8) is 0 Å². The lowest BCUT2D eigenvalue weighted by molar-refractivity contribution is -0.284. The normalized spacial score (nSPS) is 31.5. The molecule has 0 aromatic heterocycles. The molecule has 3 fully saturated rings. The molecule has 0 heterocycles. The highest BCUT2D eigenvalue weighted by Gasteiger charge is 2.67. The molecule has 0 radical (unpaired) electrons. The fourth-order valence-electron chi connectivity index (χ4n) is 9.50. The van der Waals surface area contributed by atoms with E-state index in [1.54, 1.807) is 12.1 Å². The van der Waals surface area contributed by atoms with Crippen molar-refractivity contribution < 1.29 is 35.7 Å². The number of hydrogen-bond acceptors (Lipinski definition) is 3. The molecule has 0 aliphatic heterocycles. The molecular weight excluding hydrogens is 600 g/mol. The van der Waals surface area contributed by atoms with Crippen LogP contribution in [0, 0.1) is 28.6 Å². The molecule has 7 atom stereocenters. The first-order valence-electron chi connectivity index (χ1n) is 16.6. The average Bonchev–Trinajstić information content (AvgIpc) is 3.69. The quantitative estimate of drug-likeness (QED) is 0.161. The minimum absolute atomic E-state index is 0.0309. The van der Waals surface area contributed by atoms with E-state index in [9.17, 15) is 31.3 Å². The van der Waals surface area contributed by atoms with E-state index < -0.39 is 41.9 Å². The summed E-state index contributed by atoms with van der Waals surface area (Å²) in [7, 11) is 0.550. The number of alkyl halides is 6. The Morgan fingerprint density at radius 3 is 2.34 bits per heavy atom. The predicted molar refractivity (Wildman–Crippen MR) is 162 cm³/mol. The van der Waals surface area contributed by atoms with Crippen molar-refractivity contribution >= 4 is 10.8 Å². The second kappa shape index (κ2) is 13.1. The fraction of sp³-hybridized carbons (Fsp3) is 0.824. The van der Waals surface area contributed by atoms with E-state index in [0.717, 1.165) is 44.2 Å². The van der Waals surface area contributed by atoms with Crippen molar-refractivity contribution in [1.82, 2.24) is 4.90 Å². The van der Waals surface area contributed by atoms with Gasteiger partial charge in [0.05, 0.1) is 0 Å². The number of unbranched alkanes of at least 4 members (excludes halogenated alkanes) is 2. The Morgan fingerprint density at radius 2 is 1.64 bits per heavy atom. The molecule has 1 N–H and O–H groups in total. The van der Waals surface area contributed by atoms with E-state index >= 15 is 4.39 Å². The molecule has 10 heteroatoms. The first-order chi connectivity index (χ1) is 20.7. The zero-order valence-corrected chi connectivity index (χ0v) is 26.9. The largest absolute Gasteiger partial charge is 0.508 e. The summed E-state index contributed by atoms with van der Waals surface area (Å²) in [6.07, 6.45) is 3.40. The summed E-state index contributed by atoms with van der Waals surface area (Å²) >= 11 is 0. The minimum atomic E-state index is -5.56. The third-order valence-electron chi connectivity index (χ3n) is 12.1. The molecule has 250 valence electrons. The lowest BCUT2D eigenvalue weighted by atomic mass is 9.50. The van der Waals surface area contributed by atoms with Crippen LogP contribution in [0.3, 0.4) is 0 Å². The van der Waals surface area contributed by atoms with Crippen LogP contribution in [0.2, 0.25) is 0 Å². The van der Waals surface area contributed by atoms with Gasteiger partial charge in [-0.25, -0.2) is 4.39 Å². The number of nitrogens with zero attached hydrogens (tertiary/aromatic N) is 1. The number of hydrogen-bond donors (Lipinski definition) is 1. The van der Waals surface area contributed by atoms with Gasteiger partial charge in [0.2, 0.25) is 0 Å². The van der Waals surface area contributed by atoms with Gasteiger partial charge in [-0.05, 0) is 142 Å². The Balaban J connectivity index is 1.07. The second-order valence-electron chi connectivity index (χ2n) is 14.6. The topological polar surface area (TPSA) is 40.5 Å². The van der Waals surface area contributed by atoms with Gasteiger partial charge in [-0.15, -0.1) is 0 Å². The molecule has 4 aliphatic rings. The summed E-state index contributed by atoms with van der Waals surface area (Å²) in [6, 6.07) is 5.36. The number of fused-ring (bicyclic) bond motifs is 6. The highest BCUT2D eigenvalue weighted by molar-refractivity contribution is 7.84. The van der Waals surface area contributed by atoms with Gasteiger partial charge in [0.15, 0.2) is 0 Å². The maximum absolute atomic E-state index is 16.4. The van der Waals surface area contributed by atoms with Crippen LogP contribution in [0.5, 0.6) is 5.75 Å². The number of phenols is 1. The van der Waals surface area contributed by atoms with Gasteiger partial charge in [-0.2, -0.15) is 22.0 Å². The van der Waals surface area contributed by atoms with Crippen LogP contribution >= 0.6 is 0 Å². The smallest absolute Gasteiger partial charge is 0.453 e. The van der Waals surface area contributed by atoms with Crippen molar-refractivity contribution in [2.75, 3.05) is 31.6 Å². The highest BCUT2D eigenvalue weighted by Crippen LogP contribution is 2.77.